The summed E-state index contributed by atoms with van der Waals surface area (Å²) >= 11 is 7.35. The zero-order chi connectivity index (χ0) is 30.7. The fraction of sp³-hybridized carbons (Fsp3) is 0.310. The summed E-state index contributed by atoms with van der Waals surface area (Å²) in [6.45, 7) is 4.40. The van der Waals surface area contributed by atoms with E-state index in [2.05, 4.69) is 26.3 Å². The molecule has 4 heterocycles. The van der Waals surface area contributed by atoms with Crippen LogP contribution in [0.25, 0.3) is 11.4 Å². The monoisotopic (exact) mass is 629 g/mol. The summed E-state index contributed by atoms with van der Waals surface area (Å²) in [5.41, 5.74) is -1.64. The van der Waals surface area contributed by atoms with Gasteiger partial charge in [0.25, 0.3) is 11.5 Å². The van der Waals surface area contributed by atoms with Crippen molar-refractivity contribution in [1.29, 1.82) is 5.26 Å². The first kappa shape index (κ1) is 30.5. The summed E-state index contributed by atoms with van der Waals surface area (Å²) in [6, 6.07) is 14.2. The summed E-state index contributed by atoms with van der Waals surface area (Å²) in [6.07, 6.45) is -4.78. The van der Waals surface area contributed by atoms with Crippen LogP contribution >= 0.6 is 22.9 Å². The van der Waals surface area contributed by atoms with E-state index >= 15 is 0 Å². The Kier molecular flexibility index (Phi) is 9.03. The van der Waals surface area contributed by atoms with E-state index in [0.717, 1.165) is 47.9 Å². The molecule has 0 amide bonds. The van der Waals surface area contributed by atoms with Gasteiger partial charge in [0.2, 0.25) is 0 Å². The lowest BCUT2D eigenvalue weighted by Gasteiger charge is -2.32. The number of nitrogens with zero attached hydrogens (tertiary/aromatic N) is 6. The number of carbonyl (C=O) groups excluding carboxylic acids is 1. The van der Waals surface area contributed by atoms with E-state index in [4.69, 9.17) is 11.6 Å². The van der Waals surface area contributed by atoms with Crippen LogP contribution < -0.4 is 10.9 Å². The molecule has 1 aromatic carbocycles. The van der Waals surface area contributed by atoms with Crippen LogP contribution in [-0.4, -0.2) is 69.8 Å². The molecule has 1 fully saturated rings. The zero-order valence-corrected chi connectivity index (χ0v) is 24.6. The lowest BCUT2D eigenvalue weighted by atomic mass is 10.1. The van der Waals surface area contributed by atoms with Crippen LogP contribution in [0.5, 0.6) is 0 Å². The van der Waals surface area contributed by atoms with Gasteiger partial charge in [-0.15, -0.1) is 11.3 Å². The molecule has 1 saturated heterocycles. The van der Waals surface area contributed by atoms with Crippen LogP contribution in [0.1, 0.15) is 26.4 Å². The number of carbonyl (C=O) groups is 1. The maximum absolute atomic E-state index is 13.8. The second kappa shape index (κ2) is 12.7. The second-order valence-electron chi connectivity index (χ2n) is 10.1. The van der Waals surface area contributed by atoms with Crippen LogP contribution in [0, 0.1) is 11.3 Å². The van der Waals surface area contributed by atoms with Gasteiger partial charge in [-0.1, -0.05) is 23.7 Å². The van der Waals surface area contributed by atoms with Crippen LogP contribution in [-0.2, 0) is 19.3 Å². The van der Waals surface area contributed by atoms with Crippen molar-refractivity contribution in [2.24, 2.45) is 0 Å². The first-order valence-corrected chi connectivity index (χ1v) is 14.6. The van der Waals surface area contributed by atoms with Gasteiger partial charge >= 0.3 is 6.18 Å². The fourth-order valence-corrected chi connectivity index (χ4v) is 5.94. The minimum absolute atomic E-state index is 0.0901. The number of nitrogens with one attached hydrogen (secondary N) is 1. The molecule has 0 spiro atoms. The number of benzene rings is 1. The Hall–Kier alpha value is -3.96. The number of halogens is 4. The Bertz CT molecular complexity index is 1730. The van der Waals surface area contributed by atoms with Gasteiger partial charge in [-0.2, -0.15) is 28.2 Å². The van der Waals surface area contributed by atoms with Crippen molar-refractivity contribution in [3.8, 4) is 17.5 Å². The molecule has 4 aromatic rings. The number of hydrogen-bond donors (Lipinski definition) is 1. The molecular formula is C29H27ClF3N7O2S. The third-order valence-electron chi connectivity index (χ3n) is 7.22. The number of rotatable bonds is 8. The van der Waals surface area contributed by atoms with Crippen LogP contribution in [0.4, 0.5) is 19.0 Å². The third-order valence-corrected chi connectivity index (χ3v) is 8.45. The van der Waals surface area contributed by atoms with E-state index in [0.29, 0.717) is 10.9 Å². The van der Waals surface area contributed by atoms with Crippen molar-refractivity contribution in [2.75, 3.05) is 45.1 Å². The number of aromatic nitrogens is 3. The highest BCUT2D eigenvalue weighted by atomic mass is 35.5. The average molecular weight is 630 g/mol. The van der Waals surface area contributed by atoms with Gasteiger partial charge < -0.3 is 14.8 Å². The molecule has 0 radical (unpaired) electrons. The smallest absolute Gasteiger partial charge is 0.365 e. The summed E-state index contributed by atoms with van der Waals surface area (Å²) in [5.74, 6) is -0.932. The number of hydrogen-bond acceptors (Lipinski definition) is 8. The summed E-state index contributed by atoms with van der Waals surface area (Å²) in [4.78, 5) is 32.0. The van der Waals surface area contributed by atoms with Crippen molar-refractivity contribution < 1.29 is 18.0 Å². The molecule has 43 heavy (non-hydrogen) atoms. The molecular weight excluding hydrogens is 603 g/mol. The normalized spacial score (nSPS) is 14.5. The maximum Gasteiger partial charge on any atom is 0.417 e. The molecule has 1 aliphatic heterocycles. The quantitative estimate of drug-likeness (QED) is 0.297. The van der Waals surface area contributed by atoms with Gasteiger partial charge in [-0.25, -0.2) is 0 Å². The second-order valence-corrected chi connectivity index (χ2v) is 11.9. The lowest BCUT2D eigenvalue weighted by molar-refractivity contribution is -0.137. The van der Waals surface area contributed by atoms with Gasteiger partial charge in [-0.3, -0.25) is 14.5 Å². The Balaban J connectivity index is 1.58. The van der Waals surface area contributed by atoms with Gasteiger partial charge in [0.05, 0.1) is 33.3 Å². The van der Waals surface area contributed by atoms with E-state index in [1.54, 1.807) is 12.1 Å². The minimum Gasteiger partial charge on any atom is -0.365 e. The molecule has 1 N–H and O–H groups in total. The van der Waals surface area contributed by atoms with Gasteiger partial charge in [0, 0.05) is 56.3 Å². The fourth-order valence-electron chi connectivity index (χ4n) is 4.91. The van der Waals surface area contributed by atoms with E-state index in [9.17, 15) is 28.0 Å². The molecule has 0 atom stereocenters. The molecule has 14 heteroatoms. The number of likely N-dealkylation sites (N-methyl/N-ethyl adjacent to an activating group) is 1. The SMILES string of the molecule is CN1CCN(CCn2c(-c3cc(NCc4ccc(Cl)s4)n(C(=O)c4ccccc4C(F)(F)F)n3)c(C#N)ccc2=O)CC1. The Morgan fingerprint density at radius 1 is 1.09 bits per heavy atom. The summed E-state index contributed by atoms with van der Waals surface area (Å²) in [5, 5.41) is 17.4. The number of piperazine rings is 1. The van der Waals surface area contributed by atoms with Crippen LogP contribution in [0.3, 0.4) is 0 Å². The molecule has 1 aliphatic rings. The summed E-state index contributed by atoms with van der Waals surface area (Å²) < 4.78 is 44.3. The van der Waals surface area contributed by atoms with E-state index < -0.39 is 23.2 Å². The van der Waals surface area contributed by atoms with Crippen LogP contribution in [0.15, 0.2) is 59.4 Å². The Morgan fingerprint density at radius 3 is 2.51 bits per heavy atom. The molecule has 0 bridgehead atoms. The minimum atomic E-state index is -4.78. The first-order valence-electron chi connectivity index (χ1n) is 13.4. The molecule has 224 valence electrons. The topological polar surface area (TPSA) is 99.2 Å². The number of pyridine rings is 1. The molecule has 0 unspecified atom stereocenters. The zero-order valence-electron chi connectivity index (χ0n) is 23.1. The van der Waals surface area contributed by atoms with E-state index in [1.165, 1.54) is 46.2 Å². The standard InChI is InChI=1S/C29H27ClF3N7O2S/c1-37-10-12-38(13-11-37)14-15-39-26(41)9-6-19(17-34)27(39)23-16-25(35-18-20-7-8-24(30)43-20)40(36-23)28(42)21-4-2-3-5-22(21)29(31,32)33/h2-9,16,35H,10-15,18H2,1H3. The van der Waals surface area contributed by atoms with E-state index in [-0.39, 0.29) is 41.4 Å². The van der Waals surface area contributed by atoms with Crippen molar-refractivity contribution in [3.05, 3.63) is 90.9 Å². The number of thiophene rings is 1. The van der Waals surface area contributed by atoms with Crippen LogP contribution in [0.2, 0.25) is 4.34 Å². The number of nitriles is 1. The number of alkyl halides is 3. The number of anilines is 1. The predicted octanol–water partition coefficient (Wildman–Crippen LogP) is 4.87. The maximum atomic E-state index is 13.8. The van der Waals surface area contributed by atoms with Crippen molar-refractivity contribution in [1.82, 2.24) is 24.1 Å². The molecule has 3 aromatic heterocycles. The predicted molar refractivity (Wildman–Crippen MR) is 158 cm³/mol. The first-order chi connectivity index (χ1) is 20.5. The van der Waals surface area contributed by atoms with Gasteiger partial charge in [-0.05, 0) is 37.4 Å². The van der Waals surface area contributed by atoms with Crippen molar-refractivity contribution >= 4 is 34.7 Å². The average Bonchev–Trinajstić information content (AvgIpc) is 3.61. The molecule has 9 nitrogen and oxygen atoms in total. The third kappa shape index (κ3) is 6.83. The lowest BCUT2D eigenvalue weighted by Crippen LogP contribution is -2.45. The van der Waals surface area contributed by atoms with Crippen molar-refractivity contribution in [3.63, 3.8) is 0 Å². The van der Waals surface area contributed by atoms with Gasteiger partial charge in [0.15, 0.2) is 0 Å². The largest absolute Gasteiger partial charge is 0.417 e. The highest BCUT2D eigenvalue weighted by Gasteiger charge is 2.36. The molecule has 0 saturated carbocycles. The Morgan fingerprint density at radius 2 is 1.84 bits per heavy atom. The van der Waals surface area contributed by atoms with Gasteiger partial charge in [0.1, 0.15) is 17.6 Å². The van der Waals surface area contributed by atoms with Crippen molar-refractivity contribution in [2.45, 2.75) is 19.3 Å². The molecule has 0 aliphatic carbocycles. The summed E-state index contributed by atoms with van der Waals surface area (Å²) in [7, 11) is 2.04. The molecule has 5 rings (SSSR count). The van der Waals surface area contributed by atoms with E-state index in [1.807, 2.05) is 7.05 Å². The highest BCUT2D eigenvalue weighted by molar-refractivity contribution is 7.16. The Labute approximate surface area is 254 Å². The highest BCUT2D eigenvalue weighted by Crippen LogP contribution is 2.33.